The van der Waals surface area contributed by atoms with Crippen LogP contribution in [0.4, 0.5) is 10.6 Å². The van der Waals surface area contributed by atoms with Crippen molar-refractivity contribution >= 4 is 37.4 Å². The van der Waals surface area contributed by atoms with Crippen LogP contribution in [0.3, 0.4) is 0 Å². The van der Waals surface area contributed by atoms with Gasteiger partial charge in [-0.3, -0.25) is 24.1 Å². The normalized spacial score (nSPS) is 12.3. The molecule has 14 heteroatoms. The average Bonchev–Trinajstić information content (AvgIpc) is 2.99. The van der Waals surface area contributed by atoms with E-state index in [1.807, 2.05) is 20.8 Å². The SMILES string of the molecule is C=C(OCO[P@@](CCCCNC(=O)Nc1ccc2ncc(-c3ccc(O)c(OC)c3)nc2n1)OCOC(=O)C(C)(C)C)C(C)(C)C. The first-order chi connectivity index (χ1) is 21.7. The number of phenols is 1. The van der Waals surface area contributed by atoms with Gasteiger partial charge in [0.25, 0.3) is 0 Å². The predicted molar refractivity (Wildman–Crippen MR) is 176 cm³/mol. The van der Waals surface area contributed by atoms with Gasteiger partial charge in [-0.25, -0.2) is 14.8 Å². The number of benzene rings is 1. The zero-order chi connectivity index (χ0) is 33.9. The summed E-state index contributed by atoms with van der Waals surface area (Å²) >= 11 is 0. The summed E-state index contributed by atoms with van der Waals surface area (Å²) in [6, 6.07) is 7.81. The number of phenolic OH excluding ortho intramolecular Hbond substituents is 1. The third kappa shape index (κ3) is 11.4. The molecule has 0 saturated heterocycles. The lowest BCUT2D eigenvalue weighted by molar-refractivity contribution is -0.159. The number of rotatable bonds is 15. The summed E-state index contributed by atoms with van der Waals surface area (Å²) in [4.78, 5) is 38.0. The molecule has 1 atom stereocenters. The summed E-state index contributed by atoms with van der Waals surface area (Å²) < 4.78 is 27.6. The number of hydrogen-bond donors (Lipinski definition) is 3. The summed E-state index contributed by atoms with van der Waals surface area (Å²) in [6.07, 6.45) is 3.46. The Morgan fingerprint density at radius 3 is 2.35 bits per heavy atom. The largest absolute Gasteiger partial charge is 0.504 e. The van der Waals surface area contributed by atoms with Gasteiger partial charge in [0, 0.05) is 23.7 Å². The second kappa shape index (κ2) is 16.5. The van der Waals surface area contributed by atoms with E-state index in [4.69, 9.17) is 23.3 Å². The van der Waals surface area contributed by atoms with Crippen LogP contribution in [0.1, 0.15) is 54.4 Å². The number of methoxy groups -OCH3 is 1. The highest BCUT2D eigenvalue weighted by molar-refractivity contribution is 7.47. The highest BCUT2D eigenvalue weighted by Crippen LogP contribution is 2.40. The number of anilines is 1. The molecule has 2 aromatic heterocycles. The minimum Gasteiger partial charge on any atom is -0.504 e. The second-order valence-corrected chi connectivity index (χ2v) is 13.9. The maximum Gasteiger partial charge on any atom is 0.320 e. The summed E-state index contributed by atoms with van der Waals surface area (Å²) in [6.45, 7) is 15.3. The van der Waals surface area contributed by atoms with Crippen LogP contribution in [0, 0.1) is 10.8 Å². The molecular weight excluding hydrogens is 613 g/mol. The molecule has 13 nitrogen and oxygen atoms in total. The summed E-state index contributed by atoms with van der Waals surface area (Å²) in [5.74, 6) is 0.857. The highest BCUT2D eigenvalue weighted by atomic mass is 31.2. The molecule has 0 unspecified atom stereocenters. The van der Waals surface area contributed by atoms with Crippen LogP contribution < -0.4 is 15.4 Å². The Labute approximate surface area is 271 Å². The number of urea groups is 1. The van der Waals surface area contributed by atoms with Crippen LogP contribution in [0.2, 0.25) is 0 Å². The molecule has 0 spiro atoms. The number of pyridine rings is 1. The molecule has 0 aliphatic carbocycles. The van der Waals surface area contributed by atoms with Crippen molar-refractivity contribution in [2.45, 2.75) is 54.4 Å². The van der Waals surface area contributed by atoms with Gasteiger partial charge in [-0.15, -0.1) is 0 Å². The quantitative estimate of drug-likeness (QED) is 0.0522. The van der Waals surface area contributed by atoms with E-state index in [0.717, 1.165) is 0 Å². The molecule has 1 aromatic carbocycles. The van der Waals surface area contributed by atoms with Gasteiger partial charge in [0.2, 0.25) is 0 Å². The monoisotopic (exact) mass is 657 g/mol. The molecule has 2 heterocycles. The molecule has 46 heavy (non-hydrogen) atoms. The van der Waals surface area contributed by atoms with E-state index < -0.39 is 19.8 Å². The number of esters is 1. The van der Waals surface area contributed by atoms with Crippen molar-refractivity contribution < 1.29 is 38.0 Å². The Morgan fingerprint density at radius 2 is 1.67 bits per heavy atom. The van der Waals surface area contributed by atoms with Gasteiger partial charge >= 0.3 is 12.0 Å². The van der Waals surface area contributed by atoms with E-state index in [1.54, 1.807) is 51.2 Å². The number of nitrogens with zero attached hydrogens (tertiary/aromatic N) is 3. The van der Waals surface area contributed by atoms with Crippen molar-refractivity contribution in [2.75, 3.05) is 38.7 Å². The van der Waals surface area contributed by atoms with Gasteiger partial charge in [-0.1, -0.05) is 27.4 Å². The topological polar surface area (TPSA) is 163 Å². The molecule has 0 saturated carbocycles. The maximum absolute atomic E-state index is 12.6. The Balaban J connectivity index is 1.49. The van der Waals surface area contributed by atoms with E-state index in [9.17, 15) is 14.7 Å². The van der Waals surface area contributed by atoms with Crippen molar-refractivity contribution in [1.29, 1.82) is 0 Å². The number of carbonyl (C=O) groups excluding carboxylic acids is 2. The molecule has 0 fully saturated rings. The fraction of sp³-hybridized carbons (Fsp3) is 0.469. The number of ether oxygens (including phenoxy) is 3. The zero-order valence-corrected chi connectivity index (χ0v) is 28.4. The maximum atomic E-state index is 12.6. The molecular formula is C32H44N5O8P. The number of hydrogen-bond acceptors (Lipinski definition) is 11. The molecule has 3 N–H and O–H groups in total. The number of nitrogens with one attached hydrogen (secondary N) is 2. The number of unbranched alkanes of at least 4 members (excludes halogenated alkanes) is 1. The van der Waals surface area contributed by atoms with Crippen molar-refractivity contribution in [1.82, 2.24) is 20.3 Å². The smallest absolute Gasteiger partial charge is 0.320 e. The Hall–Kier alpha value is -4.06. The number of aromatic hydroxyl groups is 1. The van der Waals surface area contributed by atoms with E-state index in [2.05, 4.69) is 32.2 Å². The van der Waals surface area contributed by atoms with Crippen LogP contribution in [-0.4, -0.2) is 65.5 Å². The first-order valence-electron chi connectivity index (χ1n) is 14.8. The minimum absolute atomic E-state index is 0.0183. The first kappa shape index (κ1) is 36.4. The van der Waals surface area contributed by atoms with Gasteiger partial charge in [-0.05, 0) is 63.9 Å². The standard InChI is InChI=1S/C32H44N5O8P/c1-21(31(2,3)4)42-19-44-46(45-20-43-29(39)32(5,6)7)16-10-9-15-33-30(40)37-27-14-12-23-28(36-27)35-24(18-34-23)22-11-13-25(38)26(17-22)41-8/h11-14,17-18,38H,1,9-10,15-16,19-20H2,2-8H3,(H2,33,35,36,37,40)/t46-/m1/s1. The average molecular weight is 658 g/mol. The van der Waals surface area contributed by atoms with Gasteiger partial charge in [0.1, 0.15) is 11.3 Å². The molecule has 0 aliphatic heterocycles. The third-order valence-electron chi connectivity index (χ3n) is 6.44. The molecule has 3 rings (SSSR count). The van der Waals surface area contributed by atoms with Gasteiger partial charge < -0.3 is 24.6 Å². The summed E-state index contributed by atoms with van der Waals surface area (Å²) in [5, 5.41) is 15.4. The first-order valence-corrected chi connectivity index (χ1v) is 16.1. The van der Waals surface area contributed by atoms with Crippen molar-refractivity contribution in [2.24, 2.45) is 10.8 Å². The van der Waals surface area contributed by atoms with Crippen molar-refractivity contribution in [3.05, 3.63) is 48.9 Å². The lowest BCUT2D eigenvalue weighted by atomic mass is 9.95. The van der Waals surface area contributed by atoms with Crippen molar-refractivity contribution in [3.63, 3.8) is 0 Å². The molecule has 0 radical (unpaired) electrons. The number of carbonyl (C=O) groups is 2. The Bertz CT molecular complexity index is 1470. The lowest BCUT2D eigenvalue weighted by Gasteiger charge is -2.24. The Morgan fingerprint density at radius 1 is 0.957 bits per heavy atom. The van der Waals surface area contributed by atoms with Gasteiger partial charge in [0.15, 0.2) is 39.1 Å². The minimum atomic E-state index is -1.42. The van der Waals surface area contributed by atoms with Crippen LogP contribution in [0.5, 0.6) is 11.5 Å². The number of allylic oxidation sites excluding steroid dienone is 1. The zero-order valence-electron chi connectivity index (χ0n) is 27.5. The van der Waals surface area contributed by atoms with Gasteiger partial charge in [-0.2, -0.15) is 0 Å². The fourth-order valence-electron chi connectivity index (χ4n) is 3.57. The second-order valence-electron chi connectivity index (χ2n) is 12.3. The number of aromatic nitrogens is 3. The van der Waals surface area contributed by atoms with E-state index in [0.29, 0.717) is 65.3 Å². The number of fused-ring (bicyclic) bond motifs is 1. The summed E-state index contributed by atoms with van der Waals surface area (Å²) in [7, 11) is 0.0463. The van der Waals surface area contributed by atoms with Crippen LogP contribution in [-0.2, 0) is 23.3 Å². The van der Waals surface area contributed by atoms with Crippen LogP contribution >= 0.6 is 8.38 Å². The Kier molecular flexibility index (Phi) is 13.0. The summed E-state index contributed by atoms with van der Waals surface area (Å²) in [5.41, 5.74) is 1.25. The van der Waals surface area contributed by atoms with E-state index >= 15 is 0 Å². The molecule has 250 valence electrons. The van der Waals surface area contributed by atoms with Crippen LogP contribution in [0.15, 0.2) is 48.9 Å². The third-order valence-corrected chi connectivity index (χ3v) is 7.91. The highest BCUT2D eigenvalue weighted by Gasteiger charge is 2.24. The number of amides is 2. The molecule has 3 aromatic rings. The molecule has 2 amide bonds. The van der Waals surface area contributed by atoms with Gasteiger partial charge in [0.05, 0.1) is 30.2 Å². The van der Waals surface area contributed by atoms with Crippen LogP contribution in [0.25, 0.3) is 22.4 Å². The lowest BCUT2D eigenvalue weighted by Crippen LogP contribution is -2.30. The molecule has 0 bridgehead atoms. The van der Waals surface area contributed by atoms with E-state index in [-0.39, 0.29) is 30.7 Å². The molecule has 0 aliphatic rings. The van der Waals surface area contributed by atoms with E-state index in [1.165, 1.54) is 13.2 Å². The predicted octanol–water partition coefficient (Wildman–Crippen LogP) is 6.73. The van der Waals surface area contributed by atoms with Crippen molar-refractivity contribution in [3.8, 4) is 22.8 Å². The fourth-order valence-corrected chi connectivity index (χ4v) is 4.72.